The van der Waals surface area contributed by atoms with Gasteiger partial charge in [0.2, 0.25) is 5.91 Å². The first-order chi connectivity index (χ1) is 14.1. The molecule has 1 N–H and O–H groups in total. The lowest BCUT2D eigenvalue weighted by molar-refractivity contribution is -0.117. The van der Waals surface area contributed by atoms with Crippen molar-refractivity contribution in [1.82, 2.24) is 9.80 Å². The zero-order valence-corrected chi connectivity index (χ0v) is 17.5. The Morgan fingerprint density at radius 3 is 2.69 bits per heavy atom. The number of nitrogens with one attached hydrogen (secondary N) is 1. The van der Waals surface area contributed by atoms with Gasteiger partial charge >= 0.3 is 0 Å². The Morgan fingerprint density at radius 2 is 1.97 bits per heavy atom. The highest BCUT2D eigenvalue weighted by Crippen LogP contribution is 2.17. The molecule has 3 rings (SSSR count). The summed E-state index contributed by atoms with van der Waals surface area (Å²) in [5, 5.41) is 3.59. The SMILES string of the molecule is CN(CCOc1cccc(Cl)c1)CC(=O)Nc1ccc(CN2CCOCC2)cc1. The molecule has 0 aliphatic carbocycles. The summed E-state index contributed by atoms with van der Waals surface area (Å²) in [6.07, 6.45) is 0. The molecular formula is C22H28ClN3O3. The molecule has 0 spiro atoms. The summed E-state index contributed by atoms with van der Waals surface area (Å²) in [6, 6.07) is 15.3. The lowest BCUT2D eigenvalue weighted by atomic mass is 10.2. The Labute approximate surface area is 177 Å². The van der Waals surface area contributed by atoms with Crippen LogP contribution in [0.5, 0.6) is 5.75 Å². The van der Waals surface area contributed by atoms with Crippen LogP contribution in [-0.2, 0) is 16.1 Å². The van der Waals surface area contributed by atoms with Crippen LogP contribution in [-0.4, -0.2) is 68.8 Å². The molecule has 0 bridgehead atoms. The second-order valence-electron chi connectivity index (χ2n) is 7.18. The molecule has 0 atom stereocenters. The minimum Gasteiger partial charge on any atom is -0.492 e. The number of morpholine rings is 1. The third-order valence-corrected chi connectivity index (χ3v) is 4.93. The van der Waals surface area contributed by atoms with Gasteiger partial charge in [-0.1, -0.05) is 29.8 Å². The Balaban J connectivity index is 1.36. The van der Waals surface area contributed by atoms with Gasteiger partial charge in [-0.2, -0.15) is 0 Å². The van der Waals surface area contributed by atoms with Gasteiger partial charge < -0.3 is 14.8 Å². The van der Waals surface area contributed by atoms with Crippen molar-refractivity contribution in [3.05, 3.63) is 59.1 Å². The Hall–Kier alpha value is -2.12. The summed E-state index contributed by atoms with van der Waals surface area (Å²) in [5.74, 6) is 0.684. The van der Waals surface area contributed by atoms with Crippen LogP contribution in [0.2, 0.25) is 5.02 Å². The van der Waals surface area contributed by atoms with Crippen LogP contribution in [0.15, 0.2) is 48.5 Å². The van der Waals surface area contributed by atoms with E-state index >= 15 is 0 Å². The van der Waals surface area contributed by atoms with Crippen molar-refractivity contribution in [2.45, 2.75) is 6.54 Å². The minimum atomic E-state index is -0.0452. The first-order valence-corrected chi connectivity index (χ1v) is 10.2. The molecule has 6 nitrogen and oxygen atoms in total. The van der Waals surface area contributed by atoms with Crippen LogP contribution in [0, 0.1) is 0 Å². The van der Waals surface area contributed by atoms with Crippen molar-refractivity contribution in [3.8, 4) is 5.75 Å². The molecule has 2 aromatic rings. The highest BCUT2D eigenvalue weighted by molar-refractivity contribution is 6.30. The van der Waals surface area contributed by atoms with Gasteiger partial charge in [-0.25, -0.2) is 0 Å². The summed E-state index contributed by atoms with van der Waals surface area (Å²) in [6.45, 7) is 5.86. The Kier molecular flexibility index (Phi) is 8.31. The van der Waals surface area contributed by atoms with Crippen molar-refractivity contribution in [3.63, 3.8) is 0 Å². The average Bonchev–Trinajstić information content (AvgIpc) is 2.70. The van der Waals surface area contributed by atoms with E-state index in [1.54, 1.807) is 12.1 Å². The first kappa shape index (κ1) is 21.6. The molecule has 0 radical (unpaired) electrons. The minimum absolute atomic E-state index is 0.0452. The molecule has 0 aromatic heterocycles. The molecular weight excluding hydrogens is 390 g/mol. The number of nitrogens with zero attached hydrogens (tertiary/aromatic N) is 2. The lowest BCUT2D eigenvalue weighted by Crippen LogP contribution is -2.35. The van der Waals surface area contributed by atoms with Crippen LogP contribution in [0.1, 0.15) is 5.56 Å². The maximum Gasteiger partial charge on any atom is 0.238 e. The molecule has 156 valence electrons. The number of anilines is 1. The van der Waals surface area contributed by atoms with E-state index in [0.29, 0.717) is 24.7 Å². The number of amides is 1. The molecule has 1 saturated heterocycles. The maximum absolute atomic E-state index is 12.3. The normalized spacial score (nSPS) is 14.7. The summed E-state index contributed by atoms with van der Waals surface area (Å²) in [4.78, 5) is 16.6. The van der Waals surface area contributed by atoms with E-state index in [2.05, 4.69) is 22.3 Å². The number of halogens is 1. The number of likely N-dealkylation sites (N-methyl/N-ethyl adjacent to an activating group) is 1. The van der Waals surface area contributed by atoms with Gasteiger partial charge in [0.1, 0.15) is 12.4 Å². The highest BCUT2D eigenvalue weighted by Gasteiger charge is 2.11. The second-order valence-corrected chi connectivity index (χ2v) is 7.61. The van der Waals surface area contributed by atoms with Crippen LogP contribution in [0.4, 0.5) is 5.69 Å². The zero-order chi connectivity index (χ0) is 20.5. The second kappa shape index (κ2) is 11.2. The zero-order valence-electron chi connectivity index (χ0n) is 16.8. The quantitative estimate of drug-likeness (QED) is 0.679. The van der Waals surface area contributed by atoms with E-state index in [4.69, 9.17) is 21.1 Å². The predicted octanol–water partition coefficient (Wildman–Crippen LogP) is 3.12. The molecule has 1 heterocycles. The molecule has 1 fully saturated rings. The lowest BCUT2D eigenvalue weighted by Gasteiger charge is -2.26. The molecule has 1 aliphatic heterocycles. The van der Waals surface area contributed by atoms with E-state index in [1.165, 1.54) is 5.56 Å². The number of benzene rings is 2. The summed E-state index contributed by atoms with van der Waals surface area (Å²) in [7, 11) is 1.90. The van der Waals surface area contributed by atoms with Crippen LogP contribution >= 0.6 is 11.6 Å². The van der Waals surface area contributed by atoms with Gasteiger partial charge in [0.25, 0.3) is 0 Å². The molecule has 1 amide bonds. The van der Waals surface area contributed by atoms with E-state index < -0.39 is 0 Å². The number of carbonyl (C=O) groups is 1. The third-order valence-electron chi connectivity index (χ3n) is 4.70. The summed E-state index contributed by atoms with van der Waals surface area (Å²) >= 11 is 5.94. The Morgan fingerprint density at radius 1 is 1.21 bits per heavy atom. The Bertz CT molecular complexity index is 779. The van der Waals surface area contributed by atoms with Gasteiger partial charge in [0.15, 0.2) is 0 Å². The van der Waals surface area contributed by atoms with E-state index in [-0.39, 0.29) is 5.91 Å². The predicted molar refractivity (Wildman–Crippen MR) is 116 cm³/mol. The maximum atomic E-state index is 12.3. The number of ether oxygens (including phenoxy) is 2. The van der Waals surface area contributed by atoms with Crippen LogP contribution < -0.4 is 10.1 Å². The van der Waals surface area contributed by atoms with Crippen LogP contribution in [0.25, 0.3) is 0 Å². The van der Waals surface area contributed by atoms with Gasteiger partial charge in [-0.3, -0.25) is 14.6 Å². The molecule has 2 aromatic carbocycles. The first-order valence-electron chi connectivity index (χ1n) is 9.84. The van der Waals surface area contributed by atoms with E-state index in [1.807, 2.05) is 36.2 Å². The average molecular weight is 418 g/mol. The smallest absolute Gasteiger partial charge is 0.238 e. The molecule has 1 aliphatic rings. The fourth-order valence-corrected chi connectivity index (χ4v) is 3.29. The molecule has 29 heavy (non-hydrogen) atoms. The standard InChI is InChI=1S/C22H28ClN3O3/c1-25(9-14-29-21-4-2-3-19(23)15-21)17-22(27)24-20-7-5-18(6-8-20)16-26-10-12-28-13-11-26/h2-8,15H,9-14,16-17H2,1H3,(H,24,27). The summed E-state index contributed by atoms with van der Waals surface area (Å²) < 4.78 is 11.0. The van der Waals surface area contributed by atoms with E-state index in [0.717, 1.165) is 44.3 Å². The van der Waals surface area contributed by atoms with E-state index in [9.17, 15) is 4.79 Å². The number of hydrogen-bond acceptors (Lipinski definition) is 5. The molecule has 7 heteroatoms. The van der Waals surface area contributed by atoms with Gasteiger partial charge in [-0.05, 0) is 42.9 Å². The van der Waals surface area contributed by atoms with Gasteiger partial charge in [0.05, 0.1) is 19.8 Å². The van der Waals surface area contributed by atoms with Crippen molar-refractivity contribution in [2.24, 2.45) is 0 Å². The fourth-order valence-electron chi connectivity index (χ4n) is 3.11. The molecule has 0 unspecified atom stereocenters. The molecule has 0 saturated carbocycles. The summed E-state index contributed by atoms with van der Waals surface area (Å²) in [5.41, 5.74) is 2.05. The van der Waals surface area contributed by atoms with Gasteiger partial charge in [0, 0.05) is 36.9 Å². The monoisotopic (exact) mass is 417 g/mol. The topological polar surface area (TPSA) is 54.0 Å². The van der Waals surface area contributed by atoms with Crippen molar-refractivity contribution in [2.75, 3.05) is 58.4 Å². The number of carbonyl (C=O) groups excluding carboxylic acids is 1. The van der Waals surface area contributed by atoms with Gasteiger partial charge in [-0.15, -0.1) is 0 Å². The number of hydrogen-bond donors (Lipinski definition) is 1. The third kappa shape index (κ3) is 7.66. The van der Waals surface area contributed by atoms with Crippen molar-refractivity contribution < 1.29 is 14.3 Å². The highest BCUT2D eigenvalue weighted by atomic mass is 35.5. The fraction of sp³-hybridized carbons (Fsp3) is 0.409. The number of rotatable bonds is 9. The van der Waals surface area contributed by atoms with Crippen LogP contribution in [0.3, 0.4) is 0 Å². The van der Waals surface area contributed by atoms with Crippen molar-refractivity contribution >= 4 is 23.2 Å². The van der Waals surface area contributed by atoms with Crippen molar-refractivity contribution in [1.29, 1.82) is 0 Å². The largest absolute Gasteiger partial charge is 0.492 e.